The van der Waals surface area contributed by atoms with Gasteiger partial charge < -0.3 is 4.74 Å². The van der Waals surface area contributed by atoms with Crippen molar-refractivity contribution in [3.8, 4) is 5.75 Å². The summed E-state index contributed by atoms with van der Waals surface area (Å²) < 4.78 is 5.61. The molecule has 76 valence electrons. The molecule has 0 saturated heterocycles. The third kappa shape index (κ3) is 2.91. The van der Waals surface area contributed by atoms with E-state index in [0.717, 1.165) is 12.4 Å². The lowest BCUT2D eigenvalue weighted by atomic mass is 10.1. The molecule has 0 fully saturated rings. The predicted octanol–water partition coefficient (Wildman–Crippen LogP) is 3.67. The summed E-state index contributed by atoms with van der Waals surface area (Å²) in [5, 5.41) is 0. The zero-order valence-corrected chi connectivity index (χ0v) is 9.21. The highest BCUT2D eigenvalue weighted by molar-refractivity contribution is 5.53. The van der Waals surface area contributed by atoms with E-state index in [4.69, 9.17) is 4.74 Å². The van der Waals surface area contributed by atoms with Gasteiger partial charge in [0.15, 0.2) is 0 Å². The van der Waals surface area contributed by atoms with E-state index in [1.54, 1.807) is 0 Å². The smallest absolute Gasteiger partial charge is 0.119 e. The van der Waals surface area contributed by atoms with E-state index in [2.05, 4.69) is 33.4 Å². The van der Waals surface area contributed by atoms with Crippen LogP contribution in [-0.2, 0) is 0 Å². The third-order valence-corrected chi connectivity index (χ3v) is 2.04. The number of rotatable bonds is 4. The Kier molecular flexibility index (Phi) is 3.75. The largest absolute Gasteiger partial charge is 0.493 e. The molecular weight excluding hydrogens is 172 g/mol. The average Bonchev–Trinajstić information content (AvgIpc) is 2.15. The van der Waals surface area contributed by atoms with E-state index in [1.165, 1.54) is 11.1 Å². The monoisotopic (exact) mass is 190 g/mol. The number of aryl methyl sites for hydroxylation is 1. The molecule has 0 bridgehead atoms. The van der Waals surface area contributed by atoms with Gasteiger partial charge in [0, 0.05) is 0 Å². The Morgan fingerprint density at radius 1 is 1.43 bits per heavy atom. The van der Waals surface area contributed by atoms with Crippen LogP contribution < -0.4 is 4.74 Å². The fourth-order valence-electron chi connectivity index (χ4n) is 1.23. The quantitative estimate of drug-likeness (QED) is 0.703. The van der Waals surface area contributed by atoms with E-state index in [1.807, 2.05) is 18.2 Å². The highest BCUT2D eigenvalue weighted by atomic mass is 16.5. The van der Waals surface area contributed by atoms with E-state index < -0.39 is 0 Å². The van der Waals surface area contributed by atoms with Crippen molar-refractivity contribution in [3.63, 3.8) is 0 Å². The van der Waals surface area contributed by atoms with Crippen LogP contribution in [0.15, 0.2) is 24.8 Å². The fourth-order valence-corrected chi connectivity index (χ4v) is 1.23. The minimum Gasteiger partial charge on any atom is -0.493 e. The topological polar surface area (TPSA) is 9.23 Å². The maximum absolute atomic E-state index is 5.61. The van der Waals surface area contributed by atoms with E-state index in [9.17, 15) is 0 Å². The van der Waals surface area contributed by atoms with Crippen molar-refractivity contribution < 1.29 is 4.74 Å². The number of ether oxygens (including phenoxy) is 1. The van der Waals surface area contributed by atoms with Crippen LogP contribution in [0.4, 0.5) is 0 Å². The van der Waals surface area contributed by atoms with Crippen LogP contribution in [0.3, 0.4) is 0 Å². The molecule has 0 unspecified atom stereocenters. The second-order valence-corrected chi connectivity index (χ2v) is 3.93. The van der Waals surface area contributed by atoms with Gasteiger partial charge in [0.2, 0.25) is 0 Å². The van der Waals surface area contributed by atoms with Crippen LogP contribution >= 0.6 is 0 Å². The van der Waals surface area contributed by atoms with Crippen LogP contribution in [0.25, 0.3) is 6.08 Å². The summed E-state index contributed by atoms with van der Waals surface area (Å²) >= 11 is 0. The molecule has 1 aromatic carbocycles. The lowest BCUT2D eigenvalue weighted by Gasteiger charge is -2.10. The molecule has 0 atom stereocenters. The molecular formula is C13H18O. The first-order valence-corrected chi connectivity index (χ1v) is 4.99. The van der Waals surface area contributed by atoms with Crippen molar-refractivity contribution >= 4 is 6.08 Å². The summed E-state index contributed by atoms with van der Waals surface area (Å²) in [5.41, 5.74) is 2.38. The molecule has 0 aliphatic heterocycles. The number of hydrogen-bond acceptors (Lipinski definition) is 1. The van der Waals surface area contributed by atoms with Gasteiger partial charge in [0.1, 0.15) is 5.75 Å². The first-order valence-electron chi connectivity index (χ1n) is 4.99. The molecule has 0 heterocycles. The third-order valence-electron chi connectivity index (χ3n) is 2.04. The normalized spacial score (nSPS) is 10.3. The van der Waals surface area contributed by atoms with Gasteiger partial charge in [-0.15, -0.1) is 0 Å². The Morgan fingerprint density at radius 3 is 2.64 bits per heavy atom. The first kappa shape index (κ1) is 10.8. The van der Waals surface area contributed by atoms with Gasteiger partial charge in [0.25, 0.3) is 0 Å². The summed E-state index contributed by atoms with van der Waals surface area (Å²) in [4.78, 5) is 0. The van der Waals surface area contributed by atoms with Gasteiger partial charge >= 0.3 is 0 Å². The predicted molar refractivity (Wildman–Crippen MR) is 61.6 cm³/mol. The Morgan fingerprint density at radius 2 is 2.14 bits per heavy atom. The number of benzene rings is 1. The number of hydrogen-bond donors (Lipinski definition) is 0. The van der Waals surface area contributed by atoms with Crippen LogP contribution in [-0.4, -0.2) is 6.61 Å². The molecule has 0 aliphatic rings. The highest BCUT2D eigenvalue weighted by Crippen LogP contribution is 2.18. The Bertz CT molecular complexity index is 313. The Balaban J connectivity index is 2.71. The van der Waals surface area contributed by atoms with Crippen molar-refractivity contribution in [3.05, 3.63) is 35.9 Å². The molecule has 0 spiro atoms. The Labute approximate surface area is 86.4 Å². The maximum atomic E-state index is 5.61. The molecule has 0 saturated carbocycles. The van der Waals surface area contributed by atoms with Crippen LogP contribution in [0, 0.1) is 12.8 Å². The summed E-state index contributed by atoms with van der Waals surface area (Å²) in [6.07, 6.45) is 1.86. The summed E-state index contributed by atoms with van der Waals surface area (Å²) in [6.45, 7) is 10.9. The highest BCUT2D eigenvalue weighted by Gasteiger charge is 1.99. The van der Waals surface area contributed by atoms with E-state index in [-0.39, 0.29) is 0 Å². The zero-order valence-electron chi connectivity index (χ0n) is 9.21. The molecule has 0 aromatic heterocycles. The van der Waals surface area contributed by atoms with Gasteiger partial charge in [-0.2, -0.15) is 0 Å². The van der Waals surface area contributed by atoms with Gasteiger partial charge in [0.05, 0.1) is 6.61 Å². The minimum absolute atomic E-state index is 0.564. The van der Waals surface area contributed by atoms with Crippen LogP contribution in [0.1, 0.15) is 25.0 Å². The fraction of sp³-hybridized carbons (Fsp3) is 0.385. The van der Waals surface area contributed by atoms with Crippen LogP contribution in [0.2, 0.25) is 0 Å². The molecule has 0 N–H and O–H groups in total. The van der Waals surface area contributed by atoms with Crippen molar-refractivity contribution in [2.75, 3.05) is 6.61 Å². The molecule has 1 heteroatoms. The van der Waals surface area contributed by atoms with E-state index >= 15 is 0 Å². The van der Waals surface area contributed by atoms with Gasteiger partial charge in [-0.25, -0.2) is 0 Å². The second kappa shape index (κ2) is 4.85. The molecule has 0 amide bonds. The van der Waals surface area contributed by atoms with Crippen LogP contribution in [0.5, 0.6) is 5.75 Å². The van der Waals surface area contributed by atoms with Gasteiger partial charge in [-0.3, -0.25) is 0 Å². The van der Waals surface area contributed by atoms with E-state index in [0.29, 0.717) is 5.92 Å². The summed E-state index contributed by atoms with van der Waals surface area (Å²) in [6, 6.07) is 6.09. The zero-order chi connectivity index (χ0) is 10.6. The van der Waals surface area contributed by atoms with Crippen molar-refractivity contribution in [2.45, 2.75) is 20.8 Å². The molecule has 1 rings (SSSR count). The second-order valence-electron chi connectivity index (χ2n) is 3.93. The van der Waals surface area contributed by atoms with Gasteiger partial charge in [-0.1, -0.05) is 32.6 Å². The maximum Gasteiger partial charge on any atom is 0.119 e. The SMILES string of the molecule is C=Cc1ccc(OCC(C)C)cc1C. The minimum atomic E-state index is 0.564. The average molecular weight is 190 g/mol. The molecule has 1 aromatic rings. The summed E-state index contributed by atoms with van der Waals surface area (Å²) in [7, 11) is 0. The molecule has 14 heavy (non-hydrogen) atoms. The van der Waals surface area contributed by atoms with Crippen molar-refractivity contribution in [1.82, 2.24) is 0 Å². The molecule has 0 radical (unpaired) electrons. The standard InChI is InChI=1S/C13H18O/c1-5-12-6-7-13(8-11(12)4)14-9-10(2)3/h5-8,10H,1,9H2,2-4H3. The van der Waals surface area contributed by atoms with Crippen molar-refractivity contribution in [1.29, 1.82) is 0 Å². The van der Waals surface area contributed by atoms with Crippen molar-refractivity contribution in [2.24, 2.45) is 5.92 Å². The molecule has 0 aliphatic carbocycles. The van der Waals surface area contributed by atoms with Gasteiger partial charge in [-0.05, 0) is 36.1 Å². The lowest BCUT2D eigenvalue weighted by molar-refractivity contribution is 0.271. The Hall–Kier alpha value is -1.24. The summed E-state index contributed by atoms with van der Waals surface area (Å²) in [5.74, 6) is 1.51. The lowest BCUT2D eigenvalue weighted by Crippen LogP contribution is -2.04. The molecule has 1 nitrogen and oxygen atoms in total. The first-order chi connectivity index (χ1) is 6.63.